The minimum absolute atomic E-state index is 0.535. The number of rotatable bonds is 4. The largest absolute Gasteiger partial charge is 0.295 e. The zero-order chi connectivity index (χ0) is 16.9. The van der Waals surface area contributed by atoms with Crippen LogP contribution in [0.1, 0.15) is 89.5 Å². The summed E-state index contributed by atoms with van der Waals surface area (Å²) in [5, 5.41) is 5.85. The van der Waals surface area contributed by atoms with Crippen molar-refractivity contribution in [3.8, 4) is 0 Å². The molecule has 0 bridgehead atoms. The van der Waals surface area contributed by atoms with Crippen LogP contribution in [0.5, 0.6) is 0 Å². The molecule has 0 heterocycles. The molecule has 0 aliphatic carbocycles. The molecular formula is C17H44N2. The van der Waals surface area contributed by atoms with E-state index < -0.39 is 0 Å². The lowest BCUT2D eigenvalue weighted by Gasteiger charge is -2.22. The quantitative estimate of drug-likeness (QED) is 0.425. The predicted molar refractivity (Wildman–Crippen MR) is 96.2 cm³/mol. The van der Waals surface area contributed by atoms with Crippen LogP contribution in [0.15, 0.2) is 5.10 Å². The lowest BCUT2D eigenvalue weighted by atomic mass is 10.2. The summed E-state index contributed by atoms with van der Waals surface area (Å²) in [6.45, 7) is 29.3. The van der Waals surface area contributed by atoms with Gasteiger partial charge in [0.15, 0.2) is 0 Å². The van der Waals surface area contributed by atoms with Crippen LogP contribution < -0.4 is 0 Å². The Morgan fingerprint density at radius 1 is 0.842 bits per heavy atom. The van der Waals surface area contributed by atoms with E-state index in [0.717, 1.165) is 18.9 Å². The molecule has 0 aromatic rings. The van der Waals surface area contributed by atoms with Gasteiger partial charge in [0.25, 0.3) is 0 Å². The highest BCUT2D eigenvalue weighted by Crippen LogP contribution is 2.01. The van der Waals surface area contributed by atoms with Crippen LogP contribution >= 0.6 is 0 Å². The van der Waals surface area contributed by atoms with Gasteiger partial charge in [0.2, 0.25) is 0 Å². The van der Waals surface area contributed by atoms with Gasteiger partial charge in [-0.05, 0) is 26.2 Å². The fourth-order valence-electron chi connectivity index (χ4n) is 0.762. The van der Waals surface area contributed by atoms with Crippen molar-refractivity contribution in [3.63, 3.8) is 0 Å². The van der Waals surface area contributed by atoms with E-state index in [2.05, 4.69) is 53.4 Å². The van der Waals surface area contributed by atoms with Crippen molar-refractivity contribution in [2.45, 2.75) is 95.5 Å². The Kier molecular flexibility index (Phi) is 58.9. The van der Waals surface area contributed by atoms with Crippen molar-refractivity contribution in [1.29, 1.82) is 0 Å². The lowest BCUT2D eigenvalue weighted by Crippen LogP contribution is -2.26. The van der Waals surface area contributed by atoms with Crippen molar-refractivity contribution < 1.29 is 0 Å². The SMILES string of the molecule is C=NN(CC)C(C)CC.CC.CC.CC.CC(C)C. The van der Waals surface area contributed by atoms with E-state index in [1.54, 1.807) is 0 Å². The van der Waals surface area contributed by atoms with E-state index >= 15 is 0 Å². The molecule has 0 saturated carbocycles. The number of hydrogen-bond donors (Lipinski definition) is 0. The van der Waals surface area contributed by atoms with Gasteiger partial charge >= 0.3 is 0 Å². The van der Waals surface area contributed by atoms with Crippen LogP contribution in [-0.2, 0) is 0 Å². The van der Waals surface area contributed by atoms with Gasteiger partial charge in [-0.3, -0.25) is 5.01 Å². The molecule has 0 aromatic heterocycles. The molecule has 0 spiro atoms. The van der Waals surface area contributed by atoms with Gasteiger partial charge in [-0.2, -0.15) is 5.10 Å². The Morgan fingerprint density at radius 3 is 1.16 bits per heavy atom. The summed E-state index contributed by atoms with van der Waals surface area (Å²) < 4.78 is 0. The minimum atomic E-state index is 0.535. The summed E-state index contributed by atoms with van der Waals surface area (Å²) in [6.07, 6.45) is 1.13. The van der Waals surface area contributed by atoms with Crippen molar-refractivity contribution in [3.05, 3.63) is 0 Å². The first-order valence-corrected chi connectivity index (χ1v) is 8.22. The molecule has 19 heavy (non-hydrogen) atoms. The Bertz CT molecular complexity index is 109. The molecule has 0 rings (SSSR count). The second-order valence-corrected chi connectivity index (χ2v) is 3.89. The molecule has 0 saturated heterocycles. The second-order valence-electron chi connectivity index (χ2n) is 3.89. The van der Waals surface area contributed by atoms with Crippen LogP contribution in [-0.4, -0.2) is 24.3 Å². The summed E-state index contributed by atoms with van der Waals surface area (Å²) in [5.41, 5.74) is 0. The first kappa shape index (κ1) is 31.1. The van der Waals surface area contributed by atoms with Gasteiger partial charge in [0.1, 0.15) is 0 Å². The third kappa shape index (κ3) is 46.6. The number of hydrogen-bond acceptors (Lipinski definition) is 2. The normalized spacial score (nSPS) is 8.89. The highest BCUT2D eigenvalue weighted by atomic mass is 15.5. The van der Waals surface area contributed by atoms with Crippen LogP contribution in [0.3, 0.4) is 0 Å². The molecular weight excluding hydrogens is 232 g/mol. The molecule has 0 N–H and O–H groups in total. The maximum Gasteiger partial charge on any atom is 0.0439 e. The number of nitrogens with zero attached hydrogens (tertiary/aromatic N) is 2. The average Bonchev–Trinajstić information content (AvgIpc) is 2.46. The van der Waals surface area contributed by atoms with Crippen LogP contribution in [0.4, 0.5) is 0 Å². The van der Waals surface area contributed by atoms with Crippen molar-refractivity contribution >= 4 is 6.72 Å². The Hall–Kier alpha value is -0.530. The predicted octanol–water partition coefficient (Wildman–Crippen LogP) is 6.46. The van der Waals surface area contributed by atoms with E-state index in [4.69, 9.17) is 0 Å². The van der Waals surface area contributed by atoms with Gasteiger partial charge < -0.3 is 0 Å². The summed E-state index contributed by atoms with van der Waals surface area (Å²) in [5.74, 6) is 0.833. The zero-order valence-corrected chi connectivity index (χ0v) is 16.2. The van der Waals surface area contributed by atoms with Crippen LogP contribution in [0.2, 0.25) is 0 Å². The molecule has 1 atom stereocenters. The summed E-state index contributed by atoms with van der Waals surface area (Å²) in [7, 11) is 0. The first-order valence-electron chi connectivity index (χ1n) is 8.22. The first-order chi connectivity index (χ1) is 8.99. The highest BCUT2D eigenvalue weighted by molar-refractivity contribution is 5.22. The van der Waals surface area contributed by atoms with Crippen molar-refractivity contribution in [2.75, 3.05) is 6.54 Å². The lowest BCUT2D eigenvalue weighted by molar-refractivity contribution is 0.227. The molecule has 0 aliphatic heterocycles. The Morgan fingerprint density at radius 2 is 1.11 bits per heavy atom. The Labute approximate surface area is 125 Å². The molecule has 0 aromatic carbocycles. The highest BCUT2D eigenvalue weighted by Gasteiger charge is 2.03. The minimum Gasteiger partial charge on any atom is -0.295 e. The van der Waals surface area contributed by atoms with E-state index in [0.29, 0.717) is 6.04 Å². The van der Waals surface area contributed by atoms with Gasteiger partial charge in [-0.1, -0.05) is 69.2 Å². The van der Waals surface area contributed by atoms with Crippen LogP contribution in [0.25, 0.3) is 0 Å². The standard InChI is InChI=1S/C7H16N2.C4H10.3C2H6/c1-5-7(3)9(6-2)8-4;1-4(2)3;3*1-2/h7H,4-6H2,1-3H3;4H,1-3H3;3*1-2H3. The molecule has 2 nitrogen and oxygen atoms in total. The summed E-state index contributed by atoms with van der Waals surface area (Å²) in [6, 6.07) is 0.535. The third-order valence-electron chi connectivity index (χ3n) is 1.61. The fraction of sp³-hybridized carbons (Fsp3) is 0.941. The van der Waals surface area contributed by atoms with Crippen molar-refractivity contribution in [2.24, 2.45) is 11.0 Å². The third-order valence-corrected chi connectivity index (χ3v) is 1.61. The van der Waals surface area contributed by atoms with E-state index in [1.165, 1.54) is 0 Å². The molecule has 0 aliphatic rings. The van der Waals surface area contributed by atoms with Crippen LogP contribution in [0, 0.1) is 5.92 Å². The summed E-state index contributed by atoms with van der Waals surface area (Å²) in [4.78, 5) is 0. The Balaban J connectivity index is -0.0000000549. The van der Waals surface area contributed by atoms with Gasteiger partial charge in [-0.15, -0.1) is 0 Å². The second kappa shape index (κ2) is 36.0. The molecule has 0 radical (unpaired) electrons. The average molecular weight is 277 g/mol. The molecule has 2 heteroatoms. The smallest absolute Gasteiger partial charge is 0.0439 e. The molecule has 0 amide bonds. The van der Waals surface area contributed by atoms with Crippen molar-refractivity contribution in [1.82, 2.24) is 5.01 Å². The topological polar surface area (TPSA) is 15.6 Å². The van der Waals surface area contributed by atoms with Gasteiger partial charge in [0, 0.05) is 19.3 Å². The number of hydrazone groups is 1. The maximum absolute atomic E-state index is 3.86. The zero-order valence-electron chi connectivity index (χ0n) is 16.2. The van der Waals surface area contributed by atoms with E-state index in [-0.39, 0.29) is 0 Å². The van der Waals surface area contributed by atoms with Gasteiger partial charge in [-0.25, -0.2) is 0 Å². The summed E-state index contributed by atoms with van der Waals surface area (Å²) >= 11 is 0. The maximum atomic E-state index is 3.86. The van der Waals surface area contributed by atoms with Gasteiger partial charge in [0.05, 0.1) is 0 Å². The monoisotopic (exact) mass is 276 g/mol. The molecule has 1 unspecified atom stereocenters. The molecule has 122 valence electrons. The van der Waals surface area contributed by atoms with E-state index in [9.17, 15) is 0 Å². The van der Waals surface area contributed by atoms with E-state index in [1.807, 2.05) is 46.6 Å². The fourth-order valence-corrected chi connectivity index (χ4v) is 0.762. The molecule has 0 fully saturated rings.